The molecule has 0 amide bonds. The van der Waals surface area contributed by atoms with Gasteiger partial charge in [-0.15, -0.1) is 0 Å². The molecule has 1 fully saturated rings. The summed E-state index contributed by atoms with van der Waals surface area (Å²) in [6.45, 7) is 5.73. The number of likely N-dealkylation sites (tertiary alicyclic amines) is 1. The summed E-state index contributed by atoms with van der Waals surface area (Å²) in [5, 5.41) is 9.25. The lowest BCUT2D eigenvalue weighted by Crippen LogP contribution is -2.33. The van der Waals surface area contributed by atoms with Crippen molar-refractivity contribution in [3.8, 4) is 0 Å². The van der Waals surface area contributed by atoms with Crippen LogP contribution in [-0.2, 0) is 13.0 Å². The third kappa shape index (κ3) is 3.07. The maximum Gasteiger partial charge on any atom is 0.108 e. The fourth-order valence-electron chi connectivity index (χ4n) is 2.70. The molecule has 0 aliphatic carbocycles. The van der Waals surface area contributed by atoms with Crippen molar-refractivity contribution in [2.24, 2.45) is 0 Å². The number of hydrogen-bond donors (Lipinski definition) is 1. The Balaban J connectivity index is 1.76. The van der Waals surface area contributed by atoms with E-state index in [9.17, 15) is 5.11 Å². The number of nitrogens with zero attached hydrogens (tertiary/aromatic N) is 3. The van der Waals surface area contributed by atoms with E-state index in [1.807, 2.05) is 6.20 Å². The van der Waals surface area contributed by atoms with Gasteiger partial charge in [0.15, 0.2) is 0 Å². The first-order chi connectivity index (χ1) is 8.35. The average Bonchev–Trinajstić information content (AvgIpc) is 2.97. The maximum absolute atomic E-state index is 9.25. The highest BCUT2D eigenvalue weighted by atomic mass is 16.3. The Hall–Kier alpha value is -0.870. The second-order valence-corrected chi connectivity index (χ2v) is 4.76. The molecular weight excluding hydrogens is 214 g/mol. The van der Waals surface area contributed by atoms with Crippen molar-refractivity contribution >= 4 is 0 Å². The molecule has 1 N–H and O–H groups in total. The highest BCUT2D eigenvalue weighted by Crippen LogP contribution is 2.16. The number of hydrogen-bond acceptors (Lipinski definition) is 3. The van der Waals surface area contributed by atoms with Crippen molar-refractivity contribution in [2.75, 3.05) is 19.7 Å². The number of aliphatic hydroxyl groups is 1. The van der Waals surface area contributed by atoms with Gasteiger partial charge in [0.05, 0.1) is 6.61 Å². The predicted octanol–water partition coefficient (Wildman–Crippen LogP) is 1.29. The van der Waals surface area contributed by atoms with Crippen molar-refractivity contribution in [3.63, 3.8) is 0 Å². The summed E-state index contributed by atoms with van der Waals surface area (Å²) in [4.78, 5) is 6.74. The summed E-state index contributed by atoms with van der Waals surface area (Å²) >= 11 is 0. The van der Waals surface area contributed by atoms with Crippen molar-refractivity contribution in [1.29, 1.82) is 0 Å². The van der Waals surface area contributed by atoms with Crippen LogP contribution >= 0.6 is 0 Å². The second-order valence-electron chi connectivity index (χ2n) is 4.76. The second kappa shape index (κ2) is 6.17. The molecule has 96 valence electrons. The molecule has 1 atom stereocenters. The Labute approximate surface area is 103 Å². The lowest BCUT2D eigenvalue weighted by molar-refractivity contribution is 0.156. The fourth-order valence-corrected chi connectivity index (χ4v) is 2.70. The molecule has 0 aromatic carbocycles. The molecule has 2 rings (SSSR count). The molecule has 1 aliphatic rings. The maximum atomic E-state index is 9.25. The van der Waals surface area contributed by atoms with Gasteiger partial charge >= 0.3 is 0 Å². The van der Waals surface area contributed by atoms with Crippen LogP contribution in [-0.4, -0.2) is 45.3 Å². The molecule has 4 nitrogen and oxygen atoms in total. The van der Waals surface area contributed by atoms with E-state index >= 15 is 0 Å². The lowest BCUT2D eigenvalue weighted by Gasteiger charge is -2.22. The number of imidazole rings is 1. The van der Waals surface area contributed by atoms with Gasteiger partial charge in [-0.05, 0) is 25.8 Å². The van der Waals surface area contributed by atoms with Gasteiger partial charge in [-0.2, -0.15) is 0 Å². The van der Waals surface area contributed by atoms with E-state index in [4.69, 9.17) is 0 Å². The van der Waals surface area contributed by atoms with Crippen molar-refractivity contribution in [3.05, 3.63) is 18.2 Å². The molecule has 0 spiro atoms. The molecule has 1 aromatic rings. The van der Waals surface area contributed by atoms with Gasteiger partial charge in [-0.3, -0.25) is 4.90 Å². The van der Waals surface area contributed by atoms with E-state index in [0.29, 0.717) is 12.6 Å². The molecule has 1 aromatic heterocycles. The average molecular weight is 237 g/mol. The van der Waals surface area contributed by atoms with Crippen LogP contribution in [0.3, 0.4) is 0 Å². The summed E-state index contributed by atoms with van der Waals surface area (Å²) in [7, 11) is 0. The Kier molecular flexibility index (Phi) is 4.57. The Morgan fingerprint density at radius 2 is 2.35 bits per heavy atom. The van der Waals surface area contributed by atoms with Gasteiger partial charge in [0.1, 0.15) is 5.82 Å². The highest BCUT2D eigenvalue weighted by Gasteiger charge is 2.22. The van der Waals surface area contributed by atoms with Crippen LogP contribution in [0.1, 0.15) is 32.0 Å². The molecule has 0 unspecified atom stereocenters. The standard InChI is InChI=1S/C13H23N3O/c1-2-13-14-6-10-16(13)9-4-8-15-7-3-5-12(15)11-17/h6,10,12,17H,2-5,7-9,11H2,1H3/t12-/m0/s1. The number of aliphatic hydroxyl groups excluding tert-OH is 1. The van der Waals surface area contributed by atoms with E-state index in [1.54, 1.807) is 0 Å². The first kappa shape index (κ1) is 12.6. The predicted molar refractivity (Wildman–Crippen MR) is 67.9 cm³/mol. The molecule has 0 bridgehead atoms. The van der Waals surface area contributed by atoms with Crippen LogP contribution in [0, 0.1) is 0 Å². The summed E-state index contributed by atoms with van der Waals surface area (Å²) in [6, 6.07) is 0.406. The summed E-state index contributed by atoms with van der Waals surface area (Å²) in [6.07, 6.45) is 8.46. The highest BCUT2D eigenvalue weighted by molar-refractivity contribution is 4.91. The van der Waals surface area contributed by atoms with Crippen molar-refractivity contribution in [1.82, 2.24) is 14.5 Å². The first-order valence-corrected chi connectivity index (χ1v) is 6.70. The summed E-state index contributed by atoms with van der Waals surface area (Å²) in [5.74, 6) is 1.17. The first-order valence-electron chi connectivity index (χ1n) is 6.70. The van der Waals surface area contributed by atoms with Crippen LogP contribution in [0.25, 0.3) is 0 Å². The lowest BCUT2D eigenvalue weighted by atomic mass is 10.2. The smallest absolute Gasteiger partial charge is 0.108 e. The topological polar surface area (TPSA) is 41.3 Å². The zero-order valence-electron chi connectivity index (χ0n) is 10.7. The monoisotopic (exact) mass is 237 g/mol. The molecule has 17 heavy (non-hydrogen) atoms. The molecular formula is C13H23N3O. The Morgan fingerprint density at radius 3 is 3.12 bits per heavy atom. The van der Waals surface area contributed by atoms with Crippen molar-refractivity contribution in [2.45, 2.75) is 45.2 Å². The van der Waals surface area contributed by atoms with Crippen LogP contribution in [0.5, 0.6) is 0 Å². The minimum Gasteiger partial charge on any atom is -0.395 e. The largest absolute Gasteiger partial charge is 0.395 e. The molecule has 0 saturated carbocycles. The number of aromatic nitrogens is 2. The summed E-state index contributed by atoms with van der Waals surface area (Å²) < 4.78 is 2.24. The van der Waals surface area contributed by atoms with E-state index < -0.39 is 0 Å². The Morgan fingerprint density at radius 1 is 1.47 bits per heavy atom. The Bertz CT molecular complexity index is 337. The number of aryl methyl sites for hydroxylation is 2. The van der Waals surface area contributed by atoms with E-state index in [0.717, 1.165) is 38.9 Å². The van der Waals surface area contributed by atoms with Crippen LogP contribution < -0.4 is 0 Å². The minimum absolute atomic E-state index is 0.311. The van der Waals surface area contributed by atoms with Gasteiger partial charge in [-0.25, -0.2) is 4.98 Å². The zero-order chi connectivity index (χ0) is 12.1. The molecule has 4 heteroatoms. The molecule has 1 saturated heterocycles. The zero-order valence-corrected chi connectivity index (χ0v) is 10.7. The van der Waals surface area contributed by atoms with Gasteiger partial charge < -0.3 is 9.67 Å². The summed E-state index contributed by atoms with van der Waals surface area (Å²) in [5.41, 5.74) is 0. The molecule has 2 heterocycles. The quantitative estimate of drug-likeness (QED) is 0.810. The number of rotatable bonds is 6. The van der Waals surface area contributed by atoms with E-state index in [1.165, 1.54) is 12.2 Å². The molecule has 0 radical (unpaired) electrons. The van der Waals surface area contributed by atoms with Gasteiger partial charge in [-0.1, -0.05) is 6.92 Å². The third-order valence-electron chi connectivity index (χ3n) is 3.67. The molecule has 1 aliphatic heterocycles. The van der Waals surface area contributed by atoms with Gasteiger partial charge in [0.2, 0.25) is 0 Å². The SMILES string of the molecule is CCc1nccn1CCCN1CCC[C@H]1CO. The normalized spacial score (nSPS) is 21.2. The van der Waals surface area contributed by atoms with Gasteiger partial charge in [0.25, 0.3) is 0 Å². The van der Waals surface area contributed by atoms with Crippen LogP contribution in [0.15, 0.2) is 12.4 Å². The van der Waals surface area contributed by atoms with Crippen molar-refractivity contribution < 1.29 is 5.11 Å². The van der Waals surface area contributed by atoms with Gasteiger partial charge in [0, 0.05) is 37.9 Å². The van der Waals surface area contributed by atoms with E-state index in [-0.39, 0.29) is 0 Å². The fraction of sp³-hybridized carbons (Fsp3) is 0.769. The minimum atomic E-state index is 0.311. The van der Waals surface area contributed by atoms with E-state index in [2.05, 4.69) is 27.6 Å². The van der Waals surface area contributed by atoms with Crippen LogP contribution in [0.4, 0.5) is 0 Å². The van der Waals surface area contributed by atoms with Crippen LogP contribution in [0.2, 0.25) is 0 Å². The third-order valence-corrected chi connectivity index (χ3v) is 3.67.